The summed E-state index contributed by atoms with van der Waals surface area (Å²) in [6.45, 7) is 6.72. The summed E-state index contributed by atoms with van der Waals surface area (Å²) in [6.07, 6.45) is 0.975. The van der Waals surface area contributed by atoms with Crippen molar-refractivity contribution in [2.45, 2.75) is 45.5 Å². The number of carbonyl (C=O) groups excluding carboxylic acids is 1. The first kappa shape index (κ1) is 23.3. The first-order valence-electron chi connectivity index (χ1n) is 10.2. The lowest BCUT2D eigenvalue weighted by Crippen LogP contribution is -2.15. The molecule has 32 heavy (non-hydrogen) atoms. The van der Waals surface area contributed by atoms with Gasteiger partial charge in [-0.2, -0.15) is 0 Å². The van der Waals surface area contributed by atoms with E-state index in [-0.39, 0.29) is 24.0 Å². The number of anilines is 1. The summed E-state index contributed by atoms with van der Waals surface area (Å²) in [5.74, 6) is 1.35. The highest BCUT2D eigenvalue weighted by Gasteiger charge is 2.15. The molecule has 9 nitrogen and oxygen atoms in total. The first-order valence-corrected chi connectivity index (χ1v) is 11.2. The number of amides is 1. The predicted molar refractivity (Wildman–Crippen MR) is 123 cm³/mol. The predicted octanol–water partition coefficient (Wildman–Crippen LogP) is 4.39. The zero-order chi connectivity index (χ0) is 23.1. The molecule has 1 N–H and O–H groups in total. The molecule has 1 aromatic heterocycles. The van der Waals surface area contributed by atoms with Gasteiger partial charge in [-0.05, 0) is 49.6 Å². The molecule has 0 radical (unpaired) electrons. The standard InChI is InChI=1S/C22H25N5O4S/c1-4-16-6-9-18(10-7-16)31-13-20-24-25-22(26(20)5-2)32-14-21(28)23-19-11-8-17(27(29)30)12-15(19)3/h6-12H,4-5,13-14H2,1-3H3,(H,23,28). The Bertz CT molecular complexity index is 1100. The van der Waals surface area contributed by atoms with E-state index in [0.29, 0.717) is 28.8 Å². The Kier molecular flexibility index (Phi) is 7.82. The van der Waals surface area contributed by atoms with Gasteiger partial charge in [-0.15, -0.1) is 10.2 Å². The fourth-order valence-corrected chi connectivity index (χ4v) is 3.86. The van der Waals surface area contributed by atoms with Crippen molar-refractivity contribution in [3.8, 4) is 5.75 Å². The number of nitro groups is 1. The Morgan fingerprint density at radius 3 is 2.56 bits per heavy atom. The average Bonchev–Trinajstić information content (AvgIpc) is 3.19. The van der Waals surface area contributed by atoms with E-state index in [1.807, 2.05) is 35.8 Å². The van der Waals surface area contributed by atoms with Gasteiger partial charge in [0.25, 0.3) is 5.69 Å². The van der Waals surface area contributed by atoms with Crippen LogP contribution in [0.2, 0.25) is 0 Å². The Morgan fingerprint density at radius 2 is 1.94 bits per heavy atom. The van der Waals surface area contributed by atoms with E-state index in [4.69, 9.17) is 4.74 Å². The average molecular weight is 456 g/mol. The second-order valence-corrected chi connectivity index (χ2v) is 7.96. The number of aromatic nitrogens is 3. The van der Waals surface area contributed by atoms with Crippen LogP contribution in [-0.2, 0) is 24.4 Å². The molecular formula is C22H25N5O4S. The van der Waals surface area contributed by atoms with Gasteiger partial charge < -0.3 is 14.6 Å². The van der Waals surface area contributed by atoms with Gasteiger partial charge in [0, 0.05) is 24.4 Å². The summed E-state index contributed by atoms with van der Waals surface area (Å²) < 4.78 is 7.74. The summed E-state index contributed by atoms with van der Waals surface area (Å²) in [4.78, 5) is 22.8. The van der Waals surface area contributed by atoms with Crippen LogP contribution in [0.1, 0.15) is 30.8 Å². The second kappa shape index (κ2) is 10.8. The zero-order valence-electron chi connectivity index (χ0n) is 18.2. The third-order valence-corrected chi connectivity index (χ3v) is 5.80. The van der Waals surface area contributed by atoms with Crippen LogP contribution in [0.3, 0.4) is 0 Å². The van der Waals surface area contributed by atoms with E-state index < -0.39 is 4.92 Å². The summed E-state index contributed by atoms with van der Waals surface area (Å²) in [6, 6.07) is 12.3. The van der Waals surface area contributed by atoms with Gasteiger partial charge in [0.05, 0.1) is 10.7 Å². The lowest BCUT2D eigenvalue weighted by Gasteiger charge is -2.10. The fraction of sp³-hybridized carbons (Fsp3) is 0.318. The van der Waals surface area contributed by atoms with E-state index in [1.165, 1.54) is 35.5 Å². The lowest BCUT2D eigenvalue weighted by atomic mass is 10.2. The molecule has 0 bridgehead atoms. The Balaban J connectivity index is 1.57. The van der Waals surface area contributed by atoms with Crippen LogP contribution in [0.5, 0.6) is 5.75 Å². The van der Waals surface area contributed by atoms with Crippen molar-refractivity contribution in [2.24, 2.45) is 0 Å². The normalized spacial score (nSPS) is 10.7. The number of nitrogens with one attached hydrogen (secondary N) is 1. The van der Waals surface area contributed by atoms with E-state index in [0.717, 1.165) is 12.2 Å². The number of hydrogen-bond donors (Lipinski definition) is 1. The first-order chi connectivity index (χ1) is 15.4. The third kappa shape index (κ3) is 5.85. The maximum Gasteiger partial charge on any atom is 0.269 e. The van der Waals surface area contributed by atoms with Crippen LogP contribution in [0.25, 0.3) is 0 Å². The molecule has 1 amide bonds. The summed E-state index contributed by atoms with van der Waals surface area (Å²) in [5, 5.41) is 22.7. The highest BCUT2D eigenvalue weighted by molar-refractivity contribution is 7.99. The van der Waals surface area contributed by atoms with E-state index in [1.54, 1.807) is 6.92 Å². The van der Waals surface area contributed by atoms with Crippen molar-refractivity contribution in [3.63, 3.8) is 0 Å². The van der Waals surface area contributed by atoms with Crippen LogP contribution < -0.4 is 10.1 Å². The molecule has 0 aliphatic carbocycles. The molecule has 0 saturated heterocycles. The summed E-state index contributed by atoms with van der Waals surface area (Å²) in [5.41, 5.74) is 2.40. The highest BCUT2D eigenvalue weighted by Crippen LogP contribution is 2.23. The van der Waals surface area contributed by atoms with Crippen LogP contribution in [0.15, 0.2) is 47.6 Å². The number of carbonyl (C=O) groups is 1. The van der Waals surface area contributed by atoms with E-state index in [2.05, 4.69) is 22.4 Å². The largest absolute Gasteiger partial charge is 0.486 e. The van der Waals surface area contributed by atoms with E-state index in [9.17, 15) is 14.9 Å². The van der Waals surface area contributed by atoms with Gasteiger partial charge >= 0.3 is 0 Å². The van der Waals surface area contributed by atoms with Crippen molar-refractivity contribution in [1.29, 1.82) is 0 Å². The minimum atomic E-state index is -0.465. The maximum absolute atomic E-state index is 12.4. The lowest BCUT2D eigenvalue weighted by molar-refractivity contribution is -0.384. The van der Waals surface area contributed by atoms with Crippen LogP contribution in [0, 0.1) is 17.0 Å². The van der Waals surface area contributed by atoms with Gasteiger partial charge in [0.2, 0.25) is 5.91 Å². The number of nitro benzene ring substituents is 1. The second-order valence-electron chi connectivity index (χ2n) is 7.02. The number of ether oxygens (including phenoxy) is 1. The molecule has 0 unspecified atom stereocenters. The number of nitrogens with zero attached hydrogens (tertiary/aromatic N) is 4. The molecule has 0 fully saturated rings. The number of benzene rings is 2. The molecule has 0 atom stereocenters. The molecule has 1 heterocycles. The molecule has 0 aliphatic rings. The van der Waals surface area contributed by atoms with Gasteiger partial charge in [-0.1, -0.05) is 30.8 Å². The minimum Gasteiger partial charge on any atom is -0.486 e. The third-order valence-electron chi connectivity index (χ3n) is 4.84. The topological polar surface area (TPSA) is 112 Å². The van der Waals surface area contributed by atoms with Crippen molar-refractivity contribution >= 4 is 29.0 Å². The Morgan fingerprint density at radius 1 is 1.19 bits per heavy atom. The number of thioether (sulfide) groups is 1. The number of non-ortho nitro benzene ring substituents is 1. The summed E-state index contributed by atoms with van der Waals surface area (Å²) in [7, 11) is 0. The fourth-order valence-electron chi connectivity index (χ4n) is 3.04. The minimum absolute atomic E-state index is 0.0121. The molecular weight excluding hydrogens is 430 g/mol. The van der Waals surface area contributed by atoms with Crippen molar-refractivity contribution in [1.82, 2.24) is 14.8 Å². The zero-order valence-corrected chi connectivity index (χ0v) is 19.0. The molecule has 0 aliphatic heterocycles. The van der Waals surface area contributed by atoms with Crippen molar-refractivity contribution in [2.75, 3.05) is 11.1 Å². The maximum atomic E-state index is 12.4. The number of rotatable bonds is 10. The Hall–Kier alpha value is -3.40. The SMILES string of the molecule is CCc1ccc(OCc2nnc(SCC(=O)Nc3ccc([N+](=O)[O-])cc3C)n2CC)cc1. The smallest absolute Gasteiger partial charge is 0.269 e. The molecule has 0 spiro atoms. The molecule has 10 heteroatoms. The quantitative estimate of drug-likeness (QED) is 0.274. The van der Waals surface area contributed by atoms with Crippen LogP contribution in [0.4, 0.5) is 11.4 Å². The van der Waals surface area contributed by atoms with Crippen molar-refractivity contribution < 1.29 is 14.5 Å². The van der Waals surface area contributed by atoms with Crippen LogP contribution in [-0.4, -0.2) is 31.3 Å². The molecule has 3 aromatic rings. The van der Waals surface area contributed by atoms with Gasteiger partial charge in [-0.3, -0.25) is 14.9 Å². The number of hydrogen-bond acceptors (Lipinski definition) is 7. The summed E-state index contributed by atoms with van der Waals surface area (Å²) >= 11 is 1.27. The van der Waals surface area contributed by atoms with E-state index >= 15 is 0 Å². The molecule has 3 rings (SSSR count). The Labute approximate surface area is 190 Å². The molecule has 168 valence electrons. The van der Waals surface area contributed by atoms with Crippen molar-refractivity contribution in [3.05, 3.63) is 69.5 Å². The number of aryl methyl sites for hydroxylation is 2. The van der Waals surface area contributed by atoms with Gasteiger partial charge in [0.1, 0.15) is 12.4 Å². The van der Waals surface area contributed by atoms with Gasteiger partial charge in [0.15, 0.2) is 11.0 Å². The highest BCUT2D eigenvalue weighted by atomic mass is 32.2. The molecule has 0 saturated carbocycles. The molecule has 2 aromatic carbocycles. The van der Waals surface area contributed by atoms with Gasteiger partial charge in [-0.25, -0.2) is 0 Å². The monoisotopic (exact) mass is 455 g/mol. The van der Waals surface area contributed by atoms with Crippen LogP contribution >= 0.6 is 11.8 Å².